The predicted octanol–water partition coefficient (Wildman–Crippen LogP) is 4.30. The van der Waals surface area contributed by atoms with E-state index in [-0.39, 0.29) is 31.3 Å². The van der Waals surface area contributed by atoms with E-state index in [1.54, 1.807) is 30.4 Å². The predicted molar refractivity (Wildman–Crippen MR) is 118 cm³/mol. The Balaban J connectivity index is 0.00000256. The molecule has 0 bridgehead atoms. The summed E-state index contributed by atoms with van der Waals surface area (Å²) in [6.45, 7) is 1.43. The Morgan fingerprint density at radius 1 is 1.13 bits per heavy atom. The van der Waals surface area contributed by atoms with Crippen LogP contribution in [0.3, 0.4) is 0 Å². The highest BCUT2D eigenvalue weighted by Crippen LogP contribution is 2.32. The van der Waals surface area contributed by atoms with Gasteiger partial charge in [0.25, 0.3) is 0 Å². The number of urea groups is 1. The summed E-state index contributed by atoms with van der Waals surface area (Å²) in [6, 6.07) is 7.27. The third-order valence-corrected chi connectivity index (χ3v) is 5.81. The summed E-state index contributed by atoms with van der Waals surface area (Å²) in [7, 11) is 1.78. The Hall–Kier alpha value is -2.67. The number of piperidine rings is 1. The van der Waals surface area contributed by atoms with E-state index in [9.17, 15) is 9.59 Å². The van der Waals surface area contributed by atoms with Crippen LogP contribution in [0.25, 0.3) is 11.3 Å². The molecule has 1 N–H and O–H groups in total. The molecule has 30 heavy (non-hydrogen) atoms. The first-order valence-corrected chi connectivity index (χ1v) is 10.3. The number of carbonyl (C=O) groups is 2. The van der Waals surface area contributed by atoms with Gasteiger partial charge in [-0.3, -0.25) is 15.1 Å². The van der Waals surface area contributed by atoms with Gasteiger partial charge in [0.15, 0.2) is 5.82 Å². The van der Waals surface area contributed by atoms with Gasteiger partial charge < -0.3 is 9.80 Å². The van der Waals surface area contributed by atoms with Gasteiger partial charge in [0.05, 0.1) is 18.1 Å². The molecule has 4 rings (SSSR count). The molecule has 1 aliphatic carbocycles. The third-order valence-electron chi connectivity index (χ3n) is 5.58. The molecule has 2 heterocycles. The molecule has 0 spiro atoms. The van der Waals surface area contributed by atoms with E-state index in [2.05, 4.69) is 15.3 Å². The number of carbonyl (C=O) groups excluding carboxylic acids is 2. The first kappa shape index (κ1) is 22.0. The normalized spacial score (nSPS) is 16.5. The average Bonchev–Trinajstić information content (AvgIpc) is 3.59. The van der Waals surface area contributed by atoms with Crippen molar-refractivity contribution >= 4 is 29.4 Å². The number of hydrogen-bond donors (Lipinski definition) is 1. The van der Waals surface area contributed by atoms with Gasteiger partial charge in [-0.15, -0.1) is 0 Å². The molecule has 0 unspecified atom stereocenters. The summed E-state index contributed by atoms with van der Waals surface area (Å²) < 4.78 is 0. The minimum atomic E-state index is -0.221. The van der Waals surface area contributed by atoms with Crippen LogP contribution in [0.15, 0.2) is 36.7 Å². The minimum Gasteiger partial charge on any atom is -0.342 e. The molecule has 1 aromatic carbocycles. The maximum atomic E-state index is 12.6. The number of aromatic nitrogens is 2. The molecule has 1 aromatic heterocycles. The molecular formula is C22H28ClN5O2. The number of rotatable bonds is 4. The van der Waals surface area contributed by atoms with E-state index in [0.29, 0.717) is 29.6 Å². The van der Waals surface area contributed by atoms with Crippen molar-refractivity contribution < 1.29 is 9.59 Å². The minimum absolute atomic E-state index is 0. The SMILES string of the molecule is C.CN(C(=O)Nc1cnc(-c2cccc(Cl)c2)cn1)C1CCN(C(=O)C2CC2)CC1. The van der Waals surface area contributed by atoms with Crippen LogP contribution in [0, 0.1) is 5.92 Å². The molecule has 2 aliphatic rings. The lowest BCUT2D eigenvalue weighted by Crippen LogP contribution is -2.48. The Labute approximate surface area is 182 Å². The van der Waals surface area contributed by atoms with Crippen LogP contribution in [0.4, 0.5) is 10.6 Å². The second kappa shape index (κ2) is 9.43. The highest BCUT2D eigenvalue weighted by molar-refractivity contribution is 6.30. The van der Waals surface area contributed by atoms with Crippen LogP contribution in [-0.4, -0.2) is 57.9 Å². The van der Waals surface area contributed by atoms with Crippen molar-refractivity contribution in [2.45, 2.75) is 39.2 Å². The van der Waals surface area contributed by atoms with Crippen molar-refractivity contribution in [1.82, 2.24) is 19.8 Å². The molecule has 0 atom stereocenters. The van der Waals surface area contributed by atoms with Crippen LogP contribution in [0.2, 0.25) is 5.02 Å². The lowest BCUT2D eigenvalue weighted by molar-refractivity contribution is -0.133. The number of anilines is 1. The first-order chi connectivity index (χ1) is 14.0. The van der Waals surface area contributed by atoms with E-state index in [1.807, 2.05) is 23.1 Å². The molecule has 1 aliphatic heterocycles. The summed E-state index contributed by atoms with van der Waals surface area (Å²) in [6.07, 6.45) is 6.79. The zero-order valence-electron chi connectivity index (χ0n) is 16.3. The first-order valence-electron chi connectivity index (χ1n) is 9.92. The standard InChI is InChI=1S/C21H24ClN5O2.CH4/c1-26(17-7-9-27(10-8-17)20(28)14-5-6-14)21(29)25-19-13-23-18(12-24-19)15-3-2-4-16(22)11-15;/h2-4,11-14,17H,5-10H2,1H3,(H,24,25,29);1H4. The second-order valence-corrected chi connectivity index (χ2v) is 8.11. The summed E-state index contributed by atoms with van der Waals surface area (Å²) in [5.41, 5.74) is 1.55. The van der Waals surface area contributed by atoms with Crippen molar-refractivity contribution in [2.75, 3.05) is 25.5 Å². The number of halogens is 1. The summed E-state index contributed by atoms with van der Waals surface area (Å²) >= 11 is 6.02. The molecule has 2 fully saturated rings. The molecule has 7 nitrogen and oxygen atoms in total. The van der Waals surface area contributed by atoms with Gasteiger partial charge in [-0.25, -0.2) is 9.78 Å². The van der Waals surface area contributed by atoms with Crippen LogP contribution >= 0.6 is 11.6 Å². The third kappa shape index (κ3) is 5.08. The number of likely N-dealkylation sites (tertiary alicyclic amines) is 1. The largest absolute Gasteiger partial charge is 0.342 e. The number of hydrogen-bond acceptors (Lipinski definition) is 4. The van der Waals surface area contributed by atoms with Crippen molar-refractivity contribution in [3.05, 3.63) is 41.7 Å². The quantitative estimate of drug-likeness (QED) is 0.785. The lowest BCUT2D eigenvalue weighted by atomic mass is 10.0. The number of nitrogens with one attached hydrogen (secondary N) is 1. The summed E-state index contributed by atoms with van der Waals surface area (Å²) in [5, 5.41) is 3.43. The number of benzene rings is 1. The van der Waals surface area contributed by atoms with E-state index in [1.165, 1.54) is 0 Å². The monoisotopic (exact) mass is 429 g/mol. The Kier molecular flexibility index (Phi) is 6.92. The molecular weight excluding hydrogens is 402 g/mol. The lowest BCUT2D eigenvalue weighted by Gasteiger charge is -2.36. The molecule has 160 valence electrons. The molecule has 1 saturated heterocycles. The molecule has 0 radical (unpaired) electrons. The molecule has 8 heteroatoms. The smallest absolute Gasteiger partial charge is 0.323 e. The average molecular weight is 430 g/mol. The van der Waals surface area contributed by atoms with Crippen molar-refractivity contribution in [2.24, 2.45) is 5.92 Å². The van der Waals surface area contributed by atoms with E-state index in [4.69, 9.17) is 11.6 Å². The topological polar surface area (TPSA) is 78.4 Å². The van der Waals surface area contributed by atoms with E-state index >= 15 is 0 Å². The van der Waals surface area contributed by atoms with Crippen molar-refractivity contribution in [3.63, 3.8) is 0 Å². The molecule has 1 saturated carbocycles. The highest BCUT2D eigenvalue weighted by Gasteiger charge is 2.35. The highest BCUT2D eigenvalue weighted by atomic mass is 35.5. The molecule has 3 amide bonds. The molecule has 2 aromatic rings. The fraction of sp³-hybridized carbons (Fsp3) is 0.455. The van der Waals surface area contributed by atoms with Crippen LogP contribution in [0.5, 0.6) is 0 Å². The van der Waals surface area contributed by atoms with Crippen LogP contribution in [-0.2, 0) is 4.79 Å². The van der Waals surface area contributed by atoms with Gasteiger partial charge in [-0.1, -0.05) is 31.2 Å². The Morgan fingerprint density at radius 3 is 2.47 bits per heavy atom. The van der Waals surface area contributed by atoms with E-state index in [0.717, 1.165) is 31.2 Å². The Bertz CT molecular complexity index is 893. The fourth-order valence-electron chi connectivity index (χ4n) is 3.62. The van der Waals surface area contributed by atoms with Gasteiger partial charge in [-0.05, 0) is 37.8 Å². The second-order valence-electron chi connectivity index (χ2n) is 7.67. The number of nitrogens with zero attached hydrogens (tertiary/aromatic N) is 4. The van der Waals surface area contributed by atoms with Crippen molar-refractivity contribution in [3.8, 4) is 11.3 Å². The maximum Gasteiger partial charge on any atom is 0.323 e. The van der Waals surface area contributed by atoms with Crippen LogP contribution in [0.1, 0.15) is 33.1 Å². The Morgan fingerprint density at radius 2 is 1.87 bits per heavy atom. The summed E-state index contributed by atoms with van der Waals surface area (Å²) in [4.78, 5) is 37.1. The maximum absolute atomic E-state index is 12.6. The van der Waals surface area contributed by atoms with Gasteiger partial charge in [-0.2, -0.15) is 0 Å². The van der Waals surface area contributed by atoms with Crippen LogP contribution < -0.4 is 5.32 Å². The van der Waals surface area contributed by atoms with Gasteiger partial charge in [0.2, 0.25) is 5.91 Å². The fourth-order valence-corrected chi connectivity index (χ4v) is 3.81. The number of amides is 3. The van der Waals surface area contributed by atoms with Gasteiger partial charge in [0, 0.05) is 42.7 Å². The van der Waals surface area contributed by atoms with Gasteiger partial charge >= 0.3 is 6.03 Å². The van der Waals surface area contributed by atoms with Crippen molar-refractivity contribution in [1.29, 1.82) is 0 Å². The van der Waals surface area contributed by atoms with Gasteiger partial charge in [0.1, 0.15) is 0 Å². The van der Waals surface area contributed by atoms with E-state index < -0.39 is 0 Å². The summed E-state index contributed by atoms with van der Waals surface area (Å²) in [5.74, 6) is 0.931. The zero-order chi connectivity index (χ0) is 20.4. The zero-order valence-corrected chi connectivity index (χ0v) is 17.1.